The third kappa shape index (κ3) is 4.13. The zero-order chi connectivity index (χ0) is 31.6. The molecule has 4 heterocycles. The van der Waals surface area contributed by atoms with Crippen LogP contribution in [-0.4, -0.2) is 19.9 Å². The number of furan rings is 2. The van der Waals surface area contributed by atoms with Gasteiger partial charge in [-0.15, -0.1) is 0 Å². The molecule has 10 rings (SSSR count). The highest BCUT2D eigenvalue weighted by molar-refractivity contribution is 6.18. The number of fused-ring (bicyclic) bond motifs is 7. The van der Waals surface area contributed by atoms with E-state index in [0.717, 1.165) is 82.6 Å². The summed E-state index contributed by atoms with van der Waals surface area (Å²) in [7, 11) is 0. The summed E-state index contributed by atoms with van der Waals surface area (Å²) in [6, 6.07) is 46.8. The summed E-state index contributed by atoms with van der Waals surface area (Å²) >= 11 is 0. The largest absolute Gasteiger partial charge is 0.455 e. The molecule has 0 aliphatic heterocycles. The Kier molecular flexibility index (Phi) is 5.77. The standard InChI is InChI=1S/C42H24N4O2/c1-3-11-25(12-4-1)28-20-21-31(37-33-24-34-27(15-10-22-43-34)23-36(33)48-39(28)37)41-44-40(26-13-5-2-6-14-26)45-42(46-41)32-18-9-17-30-29-16-7-8-19-35(29)47-38(30)32/h1-24H. The number of benzene rings is 6. The van der Waals surface area contributed by atoms with Crippen LogP contribution in [0.15, 0.2) is 155 Å². The minimum Gasteiger partial charge on any atom is -0.455 e. The number of rotatable bonds is 4. The van der Waals surface area contributed by atoms with Crippen molar-refractivity contribution in [3.63, 3.8) is 0 Å². The average molecular weight is 617 g/mol. The van der Waals surface area contributed by atoms with Crippen molar-refractivity contribution in [2.75, 3.05) is 0 Å². The summed E-state index contributed by atoms with van der Waals surface area (Å²) in [6.45, 7) is 0. The fourth-order valence-corrected chi connectivity index (χ4v) is 6.73. The van der Waals surface area contributed by atoms with E-state index in [1.54, 1.807) is 0 Å². The molecule has 0 spiro atoms. The van der Waals surface area contributed by atoms with Crippen molar-refractivity contribution in [3.05, 3.63) is 146 Å². The molecule has 6 heteroatoms. The van der Waals surface area contributed by atoms with Crippen molar-refractivity contribution in [1.82, 2.24) is 19.9 Å². The first kappa shape index (κ1) is 26.5. The Hall–Kier alpha value is -6.66. The van der Waals surface area contributed by atoms with E-state index in [1.165, 1.54) is 0 Å². The van der Waals surface area contributed by atoms with Crippen LogP contribution in [0.1, 0.15) is 0 Å². The van der Waals surface area contributed by atoms with Gasteiger partial charge >= 0.3 is 0 Å². The Morgan fingerprint density at radius 3 is 1.96 bits per heavy atom. The lowest BCUT2D eigenvalue weighted by Crippen LogP contribution is -2.00. The zero-order valence-electron chi connectivity index (χ0n) is 25.5. The Morgan fingerprint density at radius 1 is 0.417 bits per heavy atom. The van der Waals surface area contributed by atoms with E-state index in [0.29, 0.717) is 17.5 Å². The lowest BCUT2D eigenvalue weighted by Gasteiger charge is -2.11. The van der Waals surface area contributed by atoms with E-state index < -0.39 is 0 Å². The van der Waals surface area contributed by atoms with Crippen molar-refractivity contribution >= 4 is 54.8 Å². The van der Waals surface area contributed by atoms with Crippen molar-refractivity contribution in [2.45, 2.75) is 0 Å². The molecule has 0 atom stereocenters. The number of pyridine rings is 1. The first-order valence-corrected chi connectivity index (χ1v) is 15.8. The van der Waals surface area contributed by atoms with Crippen LogP contribution in [0.25, 0.3) is 100 Å². The molecule has 6 nitrogen and oxygen atoms in total. The molecule has 0 aliphatic carbocycles. The van der Waals surface area contributed by atoms with Crippen molar-refractivity contribution in [3.8, 4) is 45.3 Å². The molecule has 4 aromatic heterocycles. The Bertz CT molecular complexity index is 2840. The van der Waals surface area contributed by atoms with Crippen molar-refractivity contribution in [2.24, 2.45) is 0 Å². The summed E-state index contributed by atoms with van der Waals surface area (Å²) in [5.41, 5.74) is 8.59. The molecule has 0 saturated carbocycles. The highest BCUT2D eigenvalue weighted by atomic mass is 16.3. The fraction of sp³-hybridized carbons (Fsp3) is 0. The predicted molar refractivity (Wildman–Crippen MR) is 191 cm³/mol. The number of aromatic nitrogens is 4. The van der Waals surface area contributed by atoms with E-state index >= 15 is 0 Å². The quantitative estimate of drug-likeness (QED) is 0.196. The van der Waals surface area contributed by atoms with Gasteiger partial charge in [0, 0.05) is 49.8 Å². The monoisotopic (exact) mass is 616 g/mol. The first-order chi connectivity index (χ1) is 23.8. The van der Waals surface area contributed by atoms with Gasteiger partial charge in [0.25, 0.3) is 0 Å². The summed E-state index contributed by atoms with van der Waals surface area (Å²) in [6.07, 6.45) is 1.82. The molecule has 48 heavy (non-hydrogen) atoms. The summed E-state index contributed by atoms with van der Waals surface area (Å²) in [4.78, 5) is 20.0. The second-order valence-electron chi connectivity index (χ2n) is 11.8. The van der Waals surface area contributed by atoms with Gasteiger partial charge in [0.15, 0.2) is 17.5 Å². The Labute approximate surface area is 274 Å². The van der Waals surface area contributed by atoms with E-state index in [2.05, 4.69) is 59.6 Å². The number of nitrogens with zero attached hydrogens (tertiary/aromatic N) is 4. The van der Waals surface area contributed by atoms with Gasteiger partial charge < -0.3 is 8.83 Å². The van der Waals surface area contributed by atoms with Gasteiger partial charge in [0.05, 0.1) is 11.1 Å². The SMILES string of the molecule is c1ccc(-c2nc(-c3cccc4c3oc3ccccc34)nc(-c3ccc(-c4ccccc4)c4oc5cc6cccnc6cc5c34)n2)cc1. The van der Waals surface area contributed by atoms with Crippen LogP contribution in [0.2, 0.25) is 0 Å². The van der Waals surface area contributed by atoms with Crippen LogP contribution >= 0.6 is 0 Å². The van der Waals surface area contributed by atoms with Crippen molar-refractivity contribution < 1.29 is 8.83 Å². The van der Waals surface area contributed by atoms with Crippen LogP contribution in [-0.2, 0) is 0 Å². The second kappa shape index (κ2) is 10.4. The van der Waals surface area contributed by atoms with Gasteiger partial charge in [0.2, 0.25) is 0 Å². The maximum Gasteiger partial charge on any atom is 0.167 e. The lowest BCUT2D eigenvalue weighted by atomic mass is 9.97. The molecule has 10 aromatic rings. The van der Waals surface area contributed by atoms with E-state index in [4.69, 9.17) is 23.8 Å². The van der Waals surface area contributed by atoms with Gasteiger partial charge in [-0.3, -0.25) is 4.98 Å². The fourth-order valence-electron chi connectivity index (χ4n) is 6.73. The molecular weight excluding hydrogens is 592 g/mol. The van der Waals surface area contributed by atoms with Gasteiger partial charge in [-0.2, -0.15) is 0 Å². The highest BCUT2D eigenvalue weighted by Gasteiger charge is 2.22. The minimum absolute atomic E-state index is 0.531. The van der Waals surface area contributed by atoms with Gasteiger partial charge in [-0.05, 0) is 48.0 Å². The zero-order valence-corrected chi connectivity index (χ0v) is 25.5. The first-order valence-electron chi connectivity index (χ1n) is 15.8. The number of para-hydroxylation sites is 2. The predicted octanol–water partition coefficient (Wildman–Crippen LogP) is 10.9. The third-order valence-electron chi connectivity index (χ3n) is 8.98. The summed E-state index contributed by atoms with van der Waals surface area (Å²) < 4.78 is 13.1. The highest BCUT2D eigenvalue weighted by Crippen LogP contribution is 2.43. The second-order valence-corrected chi connectivity index (χ2v) is 11.8. The Morgan fingerprint density at radius 2 is 1.10 bits per heavy atom. The van der Waals surface area contributed by atoms with Crippen LogP contribution in [0.3, 0.4) is 0 Å². The van der Waals surface area contributed by atoms with Crippen LogP contribution in [0, 0.1) is 0 Å². The smallest absolute Gasteiger partial charge is 0.167 e. The maximum atomic E-state index is 6.72. The lowest BCUT2D eigenvalue weighted by molar-refractivity contribution is 0.669. The third-order valence-corrected chi connectivity index (χ3v) is 8.98. The van der Waals surface area contributed by atoms with Gasteiger partial charge in [-0.25, -0.2) is 15.0 Å². The minimum atomic E-state index is 0.531. The maximum absolute atomic E-state index is 6.72. The summed E-state index contributed by atoms with van der Waals surface area (Å²) in [5, 5.41) is 4.96. The average Bonchev–Trinajstić information content (AvgIpc) is 3.72. The van der Waals surface area contributed by atoms with Crippen LogP contribution < -0.4 is 0 Å². The molecule has 0 radical (unpaired) electrons. The van der Waals surface area contributed by atoms with Crippen LogP contribution in [0.4, 0.5) is 0 Å². The van der Waals surface area contributed by atoms with Crippen LogP contribution in [0.5, 0.6) is 0 Å². The molecule has 0 amide bonds. The molecule has 0 unspecified atom stereocenters. The number of hydrogen-bond donors (Lipinski definition) is 0. The van der Waals surface area contributed by atoms with E-state index in [-0.39, 0.29) is 0 Å². The molecule has 0 saturated heterocycles. The normalized spacial score (nSPS) is 11.8. The Balaban J connectivity index is 1.29. The number of hydrogen-bond acceptors (Lipinski definition) is 6. The molecule has 0 bridgehead atoms. The molecule has 0 fully saturated rings. The summed E-state index contributed by atoms with van der Waals surface area (Å²) in [5.74, 6) is 1.65. The van der Waals surface area contributed by atoms with Crippen molar-refractivity contribution in [1.29, 1.82) is 0 Å². The van der Waals surface area contributed by atoms with E-state index in [1.807, 2.05) is 91.1 Å². The molecule has 224 valence electrons. The topological polar surface area (TPSA) is 77.8 Å². The van der Waals surface area contributed by atoms with E-state index in [9.17, 15) is 0 Å². The molecule has 0 N–H and O–H groups in total. The molecule has 6 aromatic carbocycles. The molecule has 0 aliphatic rings. The van der Waals surface area contributed by atoms with Gasteiger partial charge in [-0.1, -0.05) is 97.1 Å². The van der Waals surface area contributed by atoms with Gasteiger partial charge in [0.1, 0.15) is 22.3 Å². The molecular formula is C42H24N4O2.